The fourth-order valence-corrected chi connectivity index (χ4v) is 3.10. The van der Waals surface area contributed by atoms with E-state index in [0.717, 1.165) is 10.4 Å². The van der Waals surface area contributed by atoms with Gasteiger partial charge in [0.2, 0.25) is 0 Å². The van der Waals surface area contributed by atoms with Crippen LogP contribution in [0.4, 0.5) is 9.59 Å². The monoisotopic (exact) mass is 419 g/mol. The Morgan fingerprint density at radius 2 is 1.97 bits per heavy atom. The van der Waals surface area contributed by atoms with Crippen LogP contribution in [0, 0.1) is 0 Å². The summed E-state index contributed by atoms with van der Waals surface area (Å²) in [6, 6.07) is 9.72. The minimum Gasteiger partial charge on any atom is -0.444 e. The fourth-order valence-electron chi connectivity index (χ4n) is 2.60. The van der Waals surface area contributed by atoms with Crippen LogP contribution in [-0.2, 0) is 22.5 Å². The lowest BCUT2D eigenvalue weighted by molar-refractivity contribution is 0.0499. The molecule has 0 aliphatic rings. The van der Waals surface area contributed by atoms with Gasteiger partial charge in [-0.3, -0.25) is 4.98 Å². The number of nitrogens with one attached hydrogen (secondary N) is 1. The quantitative estimate of drug-likeness (QED) is 0.692. The average molecular weight is 420 g/mol. The van der Waals surface area contributed by atoms with E-state index in [1.807, 2.05) is 51.1 Å². The number of amides is 2. The van der Waals surface area contributed by atoms with Crippen LogP contribution in [0.1, 0.15) is 37.6 Å². The summed E-state index contributed by atoms with van der Waals surface area (Å²) in [5, 5.41) is 2.92. The molecule has 0 unspecified atom stereocenters. The summed E-state index contributed by atoms with van der Waals surface area (Å²) in [6.45, 7) is 6.12. The van der Waals surface area contributed by atoms with Crippen molar-refractivity contribution in [2.24, 2.45) is 0 Å². The molecule has 0 aliphatic heterocycles. The van der Waals surface area contributed by atoms with E-state index < -0.39 is 17.8 Å². The van der Waals surface area contributed by atoms with Crippen molar-refractivity contribution in [1.82, 2.24) is 15.2 Å². The molecule has 1 aromatic carbocycles. The summed E-state index contributed by atoms with van der Waals surface area (Å²) in [4.78, 5) is 30.8. The lowest BCUT2D eigenvalue weighted by atomic mass is 10.0. The Morgan fingerprint density at radius 1 is 1.24 bits per heavy atom. The van der Waals surface area contributed by atoms with Gasteiger partial charge >= 0.3 is 12.2 Å². The summed E-state index contributed by atoms with van der Waals surface area (Å²) in [5.41, 5.74) is 2.23. The van der Waals surface area contributed by atoms with Crippen LogP contribution in [0.25, 0.3) is 0 Å². The molecule has 0 spiro atoms. The molecule has 2 amide bonds. The highest BCUT2D eigenvalue weighted by Gasteiger charge is 2.21. The van der Waals surface area contributed by atoms with E-state index in [0.29, 0.717) is 19.4 Å². The van der Waals surface area contributed by atoms with Gasteiger partial charge in [0.15, 0.2) is 0 Å². The van der Waals surface area contributed by atoms with E-state index in [4.69, 9.17) is 9.47 Å². The van der Waals surface area contributed by atoms with E-state index in [1.54, 1.807) is 18.8 Å². The van der Waals surface area contributed by atoms with Gasteiger partial charge in [0.05, 0.1) is 10.4 Å². The second-order valence-electron chi connectivity index (χ2n) is 7.77. The number of nitrogens with zero attached hydrogens (tertiary/aromatic N) is 2. The summed E-state index contributed by atoms with van der Waals surface area (Å²) < 4.78 is 10.7. The fraction of sp³-hybridized carbons (Fsp3) is 0.476. The molecule has 0 saturated heterocycles. The third-order valence-electron chi connectivity index (χ3n) is 3.99. The first-order valence-electron chi connectivity index (χ1n) is 9.51. The molecule has 0 aliphatic carbocycles. The van der Waals surface area contributed by atoms with Crippen molar-refractivity contribution in [3.05, 3.63) is 52.5 Å². The maximum absolute atomic E-state index is 12.2. The van der Waals surface area contributed by atoms with E-state index in [9.17, 15) is 9.59 Å². The zero-order chi connectivity index (χ0) is 21.3. The van der Waals surface area contributed by atoms with Crippen molar-refractivity contribution in [2.75, 3.05) is 13.6 Å². The molecule has 1 N–H and O–H groups in total. The first kappa shape index (κ1) is 22.7. The molecular weight excluding hydrogens is 390 g/mol. The van der Waals surface area contributed by atoms with Crippen LogP contribution in [0.5, 0.6) is 0 Å². The Bertz CT molecular complexity index is 760. The Labute approximate surface area is 176 Å². The zero-order valence-electron chi connectivity index (χ0n) is 17.4. The first-order chi connectivity index (χ1) is 13.7. The first-order valence-corrected chi connectivity index (χ1v) is 10.4. The van der Waals surface area contributed by atoms with Crippen molar-refractivity contribution in [3.63, 3.8) is 0 Å². The molecule has 158 valence electrons. The molecule has 2 rings (SSSR count). The van der Waals surface area contributed by atoms with Crippen molar-refractivity contribution in [3.8, 4) is 0 Å². The van der Waals surface area contributed by atoms with E-state index in [-0.39, 0.29) is 12.6 Å². The van der Waals surface area contributed by atoms with E-state index in [2.05, 4.69) is 10.3 Å². The van der Waals surface area contributed by atoms with Crippen molar-refractivity contribution < 1.29 is 19.1 Å². The minimum atomic E-state index is -0.571. The summed E-state index contributed by atoms with van der Waals surface area (Å²) in [5.74, 6) is 0. The predicted molar refractivity (Wildman–Crippen MR) is 113 cm³/mol. The second-order valence-corrected chi connectivity index (χ2v) is 8.74. The number of hydrogen-bond donors (Lipinski definition) is 1. The maximum Gasteiger partial charge on any atom is 0.409 e. The maximum atomic E-state index is 12.2. The lowest BCUT2D eigenvalue weighted by Crippen LogP contribution is -2.42. The molecule has 1 aromatic heterocycles. The Balaban J connectivity index is 1.89. The largest absolute Gasteiger partial charge is 0.444 e. The normalized spacial score (nSPS) is 12.1. The van der Waals surface area contributed by atoms with Gasteiger partial charge in [0, 0.05) is 25.8 Å². The predicted octanol–water partition coefficient (Wildman–Crippen LogP) is 4.24. The molecule has 0 bridgehead atoms. The van der Waals surface area contributed by atoms with Crippen LogP contribution in [0.3, 0.4) is 0 Å². The van der Waals surface area contributed by atoms with Gasteiger partial charge < -0.3 is 19.7 Å². The molecule has 7 nitrogen and oxygen atoms in total. The smallest absolute Gasteiger partial charge is 0.409 e. The Morgan fingerprint density at radius 3 is 2.59 bits per heavy atom. The minimum absolute atomic E-state index is 0.177. The second kappa shape index (κ2) is 10.8. The van der Waals surface area contributed by atoms with E-state index in [1.165, 1.54) is 16.2 Å². The number of benzene rings is 1. The number of carbonyl (C=O) groups is 2. The number of ether oxygens (including phenoxy) is 2. The third kappa shape index (κ3) is 8.95. The summed E-state index contributed by atoms with van der Waals surface area (Å²) in [7, 11) is 1.68. The number of hydrogen-bond acceptors (Lipinski definition) is 6. The third-order valence-corrected chi connectivity index (χ3v) is 4.74. The standard InChI is InChI=1S/C21H29N3O4S/c1-21(2,3)28-19(25)23-17(12-16-8-6-5-7-9-16)10-11-24(4)20(26)27-14-18-13-22-15-29-18/h5-9,13,15,17H,10-12,14H2,1-4H3,(H,23,25)/t17-/m1/s1. The van der Waals surface area contributed by atoms with Gasteiger partial charge in [-0.05, 0) is 39.2 Å². The lowest BCUT2D eigenvalue weighted by Gasteiger charge is -2.25. The molecule has 0 saturated carbocycles. The molecule has 1 heterocycles. The van der Waals surface area contributed by atoms with Gasteiger partial charge in [-0.1, -0.05) is 30.3 Å². The molecule has 8 heteroatoms. The number of thiazole rings is 1. The highest BCUT2D eigenvalue weighted by atomic mass is 32.1. The average Bonchev–Trinajstić information content (AvgIpc) is 3.16. The number of alkyl carbamates (subject to hydrolysis) is 1. The summed E-state index contributed by atoms with van der Waals surface area (Å²) >= 11 is 1.44. The van der Waals surface area contributed by atoms with Crippen LogP contribution in [0.15, 0.2) is 42.0 Å². The molecule has 2 aromatic rings. The Hall–Kier alpha value is -2.61. The van der Waals surface area contributed by atoms with E-state index >= 15 is 0 Å². The van der Waals surface area contributed by atoms with Gasteiger partial charge in [-0.15, -0.1) is 11.3 Å². The van der Waals surface area contributed by atoms with Crippen molar-refractivity contribution in [2.45, 2.75) is 51.9 Å². The van der Waals surface area contributed by atoms with Gasteiger partial charge in [-0.25, -0.2) is 9.59 Å². The van der Waals surface area contributed by atoms with Crippen LogP contribution in [-0.4, -0.2) is 47.3 Å². The number of carbonyl (C=O) groups excluding carboxylic acids is 2. The van der Waals surface area contributed by atoms with Crippen LogP contribution < -0.4 is 5.32 Å². The highest BCUT2D eigenvalue weighted by molar-refractivity contribution is 7.09. The SMILES string of the molecule is CN(CC[C@H](Cc1ccccc1)NC(=O)OC(C)(C)C)C(=O)OCc1cncs1. The number of rotatable bonds is 8. The van der Waals surface area contributed by atoms with Crippen LogP contribution >= 0.6 is 11.3 Å². The van der Waals surface area contributed by atoms with Crippen molar-refractivity contribution in [1.29, 1.82) is 0 Å². The zero-order valence-corrected chi connectivity index (χ0v) is 18.2. The molecular formula is C21H29N3O4S. The van der Waals surface area contributed by atoms with Crippen molar-refractivity contribution >= 4 is 23.5 Å². The van der Waals surface area contributed by atoms with Crippen LogP contribution in [0.2, 0.25) is 0 Å². The van der Waals surface area contributed by atoms with Gasteiger partial charge in [0.1, 0.15) is 12.2 Å². The Kier molecular flexibility index (Phi) is 8.45. The summed E-state index contributed by atoms with van der Waals surface area (Å²) in [6.07, 6.45) is 2.02. The number of aromatic nitrogens is 1. The highest BCUT2D eigenvalue weighted by Crippen LogP contribution is 2.11. The van der Waals surface area contributed by atoms with Gasteiger partial charge in [0.25, 0.3) is 0 Å². The topological polar surface area (TPSA) is 80.8 Å². The van der Waals surface area contributed by atoms with Gasteiger partial charge in [-0.2, -0.15) is 0 Å². The molecule has 0 radical (unpaired) electrons. The molecule has 29 heavy (non-hydrogen) atoms. The molecule has 0 fully saturated rings. The molecule has 1 atom stereocenters.